The Morgan fingerprint density at radius 3 is 2.48 bits per heavy atom. The fraction of sp³-hybridized carbons (Fsp3) is 0.265. The molecule has 0 spiro atoms. The minimum atomic E-state index is -0.820. The maximum absolute atomic E-state index is 14.0. The third kappa shape index (κ3) is 6.40. The Morgan fingerprint density at radius 2 is 1.77 bits per heavy atom. The number of hydrogen-bond donors (Lipinski definition) is 1. The van der Waals surface area contributed by atoms with Gasteiger partial charge in [-0.25, -0.2) is 9.79 Å². The molecule has 10 heteroatoms. The quantitative estimate of drug-likeness (QED) is 0.257. The molecular formula is C34H34N2O7S. The van der Waals surface area contributed by atoms with E-state index in [0.717, 1.165) is 5.56 Å². The van der Waals surface area contributed by atoms with Crippen LogP contribution in [-0.2, 0) is 16.1 Å². The van der Waals surface area contributed by atoms with Gasteiger partial charge in [-0.2, -0.15) is 0 Å². The van der Waals surface area contributed by atoms with Crippen molar-refractivity contribution in [1.82, 2.24) is 4.57 Å². The molecule has 228 valence electrons. The van der Waals surface area contributed by atoms with Gasteiger partial charge in [-0.05, 0) is 59.9 Å². The van der Waals surface area contributed by atoms with Crippen molar-refractivity contribution in [3.8, 4) is 23.0 Å². The van der Waals surface area contributed by atoms with E-state index in [0.29, 0.717) is 44.3 Å². The predicted molar refractivity (Wildman–Crippen MR) is 168 cm³/mol. The molecule has 44 heavy (non-hydrogen) atoms. The van der Waals surface area contributed by atoms with E-state index in [1.807, 2.05) is 50.2 Å². The van der Waals surface area contributed by atoms with E-state index in [1.165, 1.54) is 29.1 Å². The first kappa shape index (κ1) is 30.6. The Hall–Kier alpha value is -4.83. The highest BCUT2D eigenvalue weighted by Gasteiger charge is 2.34. The Balaban J connectivity index is 1.62. The molecule has 0 radical (unpaired) electrons. The molecule has 1 atom stereocenters. The van der Waals surface area contributed by atoms with Crippen molar-refractivity contribution in [2.24, 2.45) is 10.9 Å². The van der Waals surface area contributed by atoms with E-state index < -0.39 is 12.0 Å². The summed E-state index contributed by atoms with van der Waals surface area (Å²) in [5.41, 5.74) is 2.72. The van der Waals surface area contributed by atoms with E-state index in [-0.39, 0.29) is 35.2 Å². The first-order valence-corrected chi connectivity index (χ1v) is 14.9. The minimum Gasteiger partial charge on any atom is -0.504 e. The van der Waals surface area contributed by atoms with Crippen LogP contribution in [0, 0.1) is 5.92 Å². The normalized spacial score (nSPS) is 14.7. The highest BCUT2D eigenvalue weighted by molar-refractivity contribution is 7.07. The Labute approximate surface area is 258 Å². The van der Waals surface area contributed by atoms with Crippen LogP contribution in [0.25, 0.3) is 6.08 Å². The third-order valence-corrected chi connectivity index (χ3v) is 8.01. The summed E-state index contributed by atoms with van der Waals surface area (Å²) in [5.74, 6) is 0.863. The lowest BCUT2D eigenvalue weighted by Crippen LogP contribution is -2.40. The van der Waals surface area contributed by atoms with Gasteiger partial charge in [0.05, 0.1) is 42.7 Å². The van der Waals surface area contributed by atoms with Gasteiger partial charge in [0, 0.05) is 0 Å². The summed E-state index contributed by atoms with van der Waals surface area (Å²) in [6.45, 7) is 6.23. The van der Waals surface area contributed by atoms with Crippen LogP contribution < -0.4 is 29.1 Å². The minimum absolute atomic E-state index is 0.00331. The highest BCUT2D eigenvalue weighted by atomic mass is 32.1. The summed E-state index contributed by atoms with van der Waals surface area (Å²) in [4.78, 5) is 32.7. The number of phenols is 1. The predicted octanol–water partition coefficient (Wildman–Crippen LogP) is 4.74. The zero-order valence-corrected chi connectivity index (χ0v) is 26.0. The fourth-order valence-corrected chi connectivity index (χ4v) is 5.91. The van der Waals surface area contributed by atoms with Crippen molar-refractivity contribution in [3.05, 3.63) is 114 Å². The number of ether oxygens (including phenoxy) is 4. The van der Waals surface area contributed by atoms with E-state index in [1.54, 1.807) is 44.4 Å². The molecule has 1 N–H and O–H groups in total. The number of carbonyl (C=O) groups excluding carboxylic acids is 1. The molecule has 5 rings (SSSR count). The molecule has 1 aliphatic rings. The van der Waals surface area contributed by atoms with Crippen molar-refractivity contribution in [2.75, 3.05) is 20.8 Å². The number of hydrogen-bond acceptors (Lipinski definition) is 9. The summed E-state index contributed by atoms with van der Waals surface area (Å²) in [5, 5.41) is 10.0. The first-order valence-electron chi connectivity index (χ1n) is 14.1. The zero-order chi connectivity index (χ0) is 31.4. The SMILES string of the molecule is COc1cc(C=c2sc3n(c2=O)C(c2ccc(OCc4ccccc4)c(OC)c2)C(C(=O)OCC(C)C)=C(C)N=3)ccc1O. The Bertz CT molecular complexity index is 1890. The molecular weight excluding hydrogens is 580 g/mol. The second-order valence-corrected chi connectivity index (χ2v) is 11.7. The molecule has 0 saturated heterocycles. The Kier molecular flexibility index (Phi) is 9.20. The van der Waals surface area contributed by atoms with Crippen LogP contribution in [0.1, 0.15) is 43.5 Å². The summed E-state index contributed by atoms with van der Waals surface area (Å²) >= 11 is 1.21. The van der Waals surface area contributed by atoms with E-state index >= 15 is 0 Å². The third-order valence-electron chi connectivity index (χ3n) is 7.03. The molecule has 4 aromatic rings. The summed E-state index contributed by atoms with van der Waals surface area (Å²) in [7, 11) is 3.01. The van der Waals surface area contributed by atoms with E-state index in [2.05, 4.69) is 4.99 Å². The molecule has 9 nitrogen and oxygen atoms in total. The van der Waals surface area contributed by atoms with Gasteiger partial charge in [-0.1, -0.05) is 67.6 Å². The van der Waals surface area contributed by atoms with Crippen LogP contribution in [0.4, 0.5) is 0 Å². The van der Waals surface area contributed by atoms with Crippen molar-refractivity contribution >= 4 is 23.4 Å². The average molecular weight is 615 g/mol. The number of allylic oxidation sites excluding steroid dienone is 1. The molecule has 0 fully saturated rings. The summed E-state index contributed by atoms with van der Waals surface area (Å²) in [6.07, 6.45) is 1.71. The van der Waals surface area contributed by atoms with E-state index in [4.69, 9.17) is 18.9 Å². The number of methoxy groups -OCH3 is 2. The number of carbonyl (C=O) groups is 1. The molecule has 0 amide bonds. The smallest absolute Gasteiger partial charge is 0.338 e. The highest BCUT2D eigenvalue weighted by Crippen LogP contribution is 2.36. The monoisotopic (exact) mass is 614 g/mol. The fourth-order valence-electron chi connectivity index (χ4n) is 4.86. The molecule has 1 unspecified atom stereocenters. The van der Waals surface area contributed by atoms with Crippen molar-refractivity contribution in [3.63, 3.8) is 0 Å². The molecule has 1 aromatic heterocycles. The number of fused-ring (bicyclic) bond motifs is 1. The van der Waals surface area contributed by atoms with Crippen molar-refractivity contribution in [1.29, 1.82) is 0 Å². The van der Waals surface area contributed by atoms with Crippen LogP contribution in [0.15, 0.2) is 87.8 Å². The number of aromatic nitrogens is 1. The number of esters is 1. The second kappa shape index (κ2) is 13.2. The van der Waals surface area contributed by atoms with Gasteiger partial charge in [0.2, 0.25) is 0 Å². The molecule has 2 heterocycles. The molecule has 0 saturated carbocycles. The Morgan fingerprint density at radius 1 is 1.02 bits per heavy atom. The second-order valence-electron chi connectivity index (χ2n) is 10.7. The number of nitrogens with zero attached hydrogens (tertiary/aromatic N) is 2. The largest absolute Gasteiger partial charge is 0.504 e. The van der Waals surface area contributed by atoms with E-state index in [9.17, 15) is 14.7 Å². The van der Waals surface area contributed by atoms with Crippen LogP contribution >= 0.6 is 11.3 Å². The van der Waals surface area contributed by atoms with Gasteiger partial charge < -0.3 is 24.1 Å². The zero-order valence-electron chi connectivity index (χ0n) is 25.2. The van der Waals surface area contributed by atoms with Gasteiger partial charge in [-0.15, -0.1) is 0 Å². The summed E-state index contributed by atoms with van der Waals surface area (Å²) < 4.78 is 24.6. The average Bonchev–Trinajstić information content (AvgIpc) is 3.33. The van der Waals surface area contributed by atoms with Gasteiger partial charge >= 0.3 is 5.97 Å². The van der Waals surface area contributed by atoms with Crippen molar-refractivity contribution < 1.29 is 28.8 Å². The maximum atomic E-state index is 14.0. The van der Waals surface area contributed by atoms with Gasteiger partial charge in [0.15, 0.2) is 27.8 Å². The lowest BCUT2D eigenvalue weighted by molar-refractivity contribution is -0.140. The standard InChI is InChI=1S/C34H34N2O7S/c1-20(2)18-43-33(39)30-21(3)35-34-36(32(38)29(44-34)16-23-11-13-25(37)27(15-23)40-4)31(30)24-12-14-26(28(17-24)41-5)42-19-22-9-7-6-8-10-22/h6-17,20,31,37H,18-19H2,1-5H3. The number of benzene rings is 3. The van der Waals surface area contributed by atoms with Crippen LogP contribution in [0.2, 0.25) is 0 Å². The number of rotatable bonds is 10. The molecule has 0 bridgehead atoms. The molecule has 1 aliphatic heterocycles. The number of phenolic OH excluding ortho intramolecular Hbond substituents is 1. The number of aromatic hydroxyl groups is 1. The molecule has 0 aliphatic carbocycles. The van der Waals surface area contributed by atoms with Crippen LogP contribution in [0.5, 0.6) is 23.0 Å². The first-order chi connectivity index (χ1) is 21.2. The van der Waals surface area contributed by atoms with Crippen LogP contribution in [-0.4, -0.2) is 36.5 Å². The van der Waals surface area contributed by atoms with Gasteiger partial charge in [-0.3, -0.25) is 9.36 Å². The van der Waals surface area contributed by atoms with Gasteiger partial charge in [0.1, 0.15) is 6.61 Å². The van der Waals surface area contributed by atoms with Gasteiger partial charge in [0.25, 0.3) is 5.56 Å². The topological polar surface area (TPSA) is 109 Å². The maximum Gasteiger partial charge on any atom is 0.338 e. The van der Waals surface area contributed by atoms with Crippen molar-refractivity contribution in [2.45, 2.75) is 33.4 Å². The molecule has 3 aromatic carbocycles. The van der Waals surface area contributed by atoms with Crippen LogP contribution in [0.3, 0.4) is 0 Å². The summed E-state index contributed by atoms with van der Waals surface area (Å²) in [6, 6.07) is 19.2. The number of thiazole rings is 1. The lowest BCUT2D eigenvalue weighted by Gasteiger charge is -2.25. The lowest BCUT2D eigenvalue weighted by atomic mass is 9.95.